The zero-order valence-corrected chi connectivity index (χ0v) is 12.9. The van der Waals surface area contributed by atoms with E-state index in [1.807, 2.05) is 11.8 Å². The Morgan fingerprint density at radius 3 is 2.62 bits per heavy atom. The van der Waals surface area contributed by atoms with E-state index >= 15 is 0 Å². The molecule has 5 heteroatoms. The van der Waals surface area contributed by atoms with Gasteiger partial charge in [0.1, 0.15) is 5.75 Å². The second-order valence-electron chi connectivity index (χ2n) is 5.95. The van der Waals surface area contributed by atoms with Gasteiger partial charge in [0, 0.05) is 32.7 Å². The summed E-state index contributed by atoms with van der Waals surface area (Å²) in [7, 11) is 0. The van der Waals surface area contributed by atoms with Crippen molar-refractivity contribution < 1.29 is 9.90 Å². The van der Waals surface area contributed by atoms with Gasteiger partial charge >= 0.3 is 0 Å². The van der Waals surface area contributed by atoms with Crippen molar-refractivity contribution in [1.29, 1.82) is 0 Å². The summed E-state index contributed by atoms with van der Waals surface area (Å²) in [6.07, 6.45) is 0. The molecule has 5 nitrogen and oxygen atoms in total. The standard InChI is InChI=1S/C16H25N3O2/c1-12-3-4-15(20)14(9-12)16(21)19-7-5-18(6-8-19)11-13(2)10-17/h3-4,9,13,20H,5-8,10-11,17H2,1-2H3. The second kappa shape index (κ2) is 6.91. The van der Waals surface area contributed by atoms with Crippen LogP contribution in [0.3, 0.4) is 0 Å². The zero-order valence-electron chi connectivity index (χ0n) is 12.9. The Labute approximate surface area is 126 Å². The van der Waals surface area contributed by atoms with Crippen LogP contribution >= 0.6 is 0 Å². The molecule has 0 bridgehead atoms. The Morgan fingerprint density at radius 2 is 2.00 bits per heavy atom. The minimum absolute atomic E-state index is 0.0600. The maximum absolute atomic E-state index is 12.5. The van der Waals surface area contributed by atoms with Gasteiger partial charge in [-0.15, -0.1) is 0 Å². The number of benzene rings is 1. The summed E-state index contributed by atoms with van der Waals surface area (Å²) >= 11 is 0. The lowest BCUT2D eigenvalue weighted by molar-refractivity contribution is 0.0619. The van der Waals surface area contributed by atoms with E-state index in [4.69, 9.17) is 5.73 Å². The molecule has 1 unspecified atom stereocenters. The van der Waals surface area contributed by atoms with Crippen molar-refractivity contribution in [2.24, 2.45) is 11.7 Å². The first-order valence-electron chi connectivity index (χ1n) is 7.52. The minimum atomic E-state index is -0.0808. The third-order valence-corrected chi connectivity index (χ3v) is 4.01. The molecule has 1 fully saturated rings. The molecular weight excluding hydrogens is 266 g/mol. The maximum Gasteiger partial charge on any atom is 0.257 e. The fraction of sp³-hybridized carbons (Fsp3) is 0.562. The lowest BCUT2D eigenvalue weighted by Crippen LogP contribution is -2.50. The molecule has 1 amide bonds. The number of piperazine rings is 1. The largest absolute Gasteiger partial charge is 0.507 e. The first-order valence-corrected chi connectivity index (χ1v) is 7.52. The van der Waals surface area contributed by atoms with Crippen LogP contribution in [-0.4, -0.2) is 60.1 Å². The molecule has 1 aliphatic rings. The van der Waals surface area contributed by atoms with E-state index in [-0.39, 0.29) is 11.7 Å². The monoisotopic (exact) mass is 291 g/mol. The summed E-state index contributed by atoms with van der Waals surface area (Å²) < 4.78 is 0. The zero-order chi connectivity index (χ0) is 15.4. The van der Waals surface area contributed by atoms with E-state index in [9.17, 15) is 9.90 Å². The summed E-state index contributed by atoms with van der Waals surface area (Å²) in [5, 5.41) is 9.87. The number of phenolic OH excluding ortho intramolecular Hbond substituents is 1. The Morgan fingerprint density at radius 1 is 1.33 bits per heavy atom. The minimum Gasteiger partial charge on any atom is -0.507 e. The summed E-state index contributed by atoms with van der Waals surface area (Å²) in [5.74, 6) is 0.459. The molecule has 116 valence electrons. The average molecular weight is 291 g/mol. The molecule has 1 heterocycles. The Bertz CT molecular complexity index is 496. The van der Waals surface area contributed by atoms with Crippen molar-refractivity contribution in [2.75, 3.05) is 39.3 Å². The van der Waals surface area contributed by atoms with Gasteiger partial charge in [-0.2, -0.15) is 0 Å². The van der Waals surface area contributed by atoms with E-state index in [1.165, 1.54) is 0 Å². The van der Waals surface area contributed by atoms with Gasteiger partial charge in [0.15, 0.2) is 0 Å². The molecule has 3 N–H and O–H groups in total. The molecular formula is C16H25N3O2. The molecule has 0 aliphatic carbocycles. The van der Waals surface area contributed by atoms with Crippen molar-refractivity contribution in [3.05, 3.63) is 29.3 Å². The van der Waals surface area contributed by atoms with Crippen molar-refractivity contribution in [3.63, 3.8) is 0 Å². The predicted octanol–water partition coefficient (Wildman–Crippen LogP) is 1.05. The van der Waals surface area contributed by atoms with Crippen molar-refractivity contribution >= 4 is 5.91 Å². The average Bonchev–Trinajstić information content (AvgIpc) is 2.49. The third kappa shape index (κ3) is 3.95. The first kappa shape index (κ1) is 15.8. The van der Waals surface area contributed by atoms with E-state index < -0.39 is 0 Å². The molecule has 0 radical (unpaired) electrons. The molecule has 1 aromatic carbocycles. The van der Waals surface area contributed by atoms with E-state index in [1.54, 1.807) is 18.2 Å². The number of hydrogen-bond acceptors (Lipinski definition) is 4. The lowest BCUT2D eigenvalue weighted by atomic mass is 10.1. The highest BCUT2D eigenvalue weighted by Crippen LogP contribution is 2.21. The molecule has 0 spiro atoms. The Hall–Kier alpha value is -1.59. The molecule has 1 saturated heterocycles. The van der Waals surface area contributed by atoms with Gasteiger partial charge < -0.3 is 15.7 Å². The Kier molecular flexibility index (Phi) is 5.20. The van der Waals surface area contributed by atoms with E-state index in [2.05, 4.69) is 11.8 Å². The van der Waals surface area contributed by atoms with Gasteiger partial charge in [-0.3, -0.25) is 9.69 Å². The van der Waals surface area contributed by atoms with Crippen LogP contribution in [-0.2, 0) is 0 Å². The van der Waals surface area contributed by atoms with E-state index in [0.717, 1.165) is 25.2 Å². The van der Waals surface area contributed by atoms with Crippen LogP contribution in [0.4, 0.5) is 0 Å². The van der Waals surface area contributed by atoms with Gasteiger partial charge in [-0.25, -0.2) is 0 Å². The normalized spacial score (nSPS) is 17.8. The summed E-state index contributed by atoms with van der Waals surface area (Å²) in [4.78, 5) is 16.6. The smallest absolute Gasteiger partial charge is 0.257 e. The quantitative estimate of drug-likeness (QED) is 0.870. The highest BCUT2D eigenvalue weighted by Gasteiger charge is 2.24. The van der Waals surface area contributed by atoms with Gasteiger partial charge in [0.05, 0.1) is 5.56 Å². The first-order chi connectivity index (χ1) is 10.0. The maximum atomic E-state index is 12.5. The number of phenols is 1. The van der Waals surface area contributed by atoms with Crippen LogP contribution < -0.4 is 5.73 Å². The van der Waals surface area contributed by atoms with Crippen molar-refractivity contribution in [2.45, 2.75) is 13.8 Å². The lowest BCUT2D eigenvalue weighted by Gasteiger charge is -2.36. The summed E-state index contributed by atoms with van der Waals surface area (Å²) in [6, 6.07) is 5.14. The molecule has 21 heavy (non-hydrogen) atoms. The summed E-state index contributed by atoms with van der Waals surface area (Å²) in [6.45, 7) is 8.85. The van der Waals surface area contributed by atoms with Gasteiger partial charge in [0.2, 0.25) is 0 Å². The van der Waals surface area contributed by atoms with Gasteiger partial charge in [-0.1, -0.05) is 18.6 Å². The topological polar surface area (TPSA) is 69.8 Å². The highest BCUT2D eigenvalue weighted by molar-refractivity contribution is 5.97. The second-order valence-corrected chi connectivity index (χ2v) is 5.95. The number of aromatic hydroxyl groups is 1. The molecule has 1 atom stereocenters. The van der Waals surface area contributed by atoms with Crippen LogP contribution in [0.1, 0.15) is 22.8 Å². The van der Waals surface area contributed by atoms with Crippen LogP contribution in [0.15, 0.2) is 18.2 Å². The number of hydrogen-bond donors (Lipinski definition) is 2. The Balaban J connectivity index is 1.95. The molecule has 0 aromatic heterocycles. The molecule has 1 aliphatic heterocycles. The van der Waals surface area contributed by atoms with Crippen LogP contribution in [0.5, 0.6) is 5.75 Å². The summed E-state index contributed by atoms with van der Waals surface area (Å²) in [5.41, 5.74) is 7.03. The van der Waals surface area contributed by atoms with E-state index in [0.29, 0.717) is 31.1 Å². The third-order valence-electron chi connectivity index (χ3n) is 4.01. The van der Waals surface area contributed by atoms with Gasteiger partial charge in [0.25, 0.3) is 5.91 Å². The number of carbonyl (C=O) groups excluding carboxylic acids is 1. The number of rotatable bonds is 4. The predicted molar refractivity (Wildman–Crippen MR) is 83.4 cm³/mol. The molecule has 0 saturated carbocycles. The fourth-order valence-corrected chi connectivity index (χ4v) is 2.64. The molecule has 1 aromatic rings. The number of nitrogens with zero attached hydrogens (tertiary/aromatic N) is 2. The SMILES string of the molecule is Cc1ccc(O)c(C(=O)N2CCN(CC(C)CN)CC2)c1. The van der Waals surface area contributed by atoms with Crippen LogP contribution in [0.2, 0.25) is 0 Å². The number of carbonyl (C=O) groups is 1. The number of aryl methyl sites for hydroxylation is 1. The number of nitrogens with two attached hydrogens (primary N) is 1. The molecule has 2 rings (SSSR count). The van der Waals surface area contributed by atoms with Gasteiger partial charge in [-0.05, 0) is 31.5 Å². The van der Waals surface area contributed by atoms with Crippen LogP contribution in [0, 0.1) is 12.8 Å². The number of amides is 1. The van der Waals surface area contributed by atoms with Crippen LogP contribution in [0.25, 0.3) is 0 Å². The van der Waals surface area contributed by atoms with Crippen molar-refractivity contribution in [3.8, 4) is 5.75 Å². The van der Waals surface area contributed by atoms with Crippen molar-refractivity contribution in [1.82, 2.24) is 9.80 Å². The highest BCUT2D eigenvalue weighted by atomic mass is 16.3. The fourth-order valence-electron chi connectivity index (χ4n) is 2.64.